The van der Waals surface area contributed by atoms with Gasteiger partial charge in [-0.05, 0) is 24.1 Å². The van der Waals surface area contributed by atoms with Gasteiger partial charge in [0.15, 0.2) is 0 Å². The van der Waals surface area contributed by atoms with Gasteiger partial charge >= 0.3 is 0 Å². The van der Waals surface area contributed by atoms with Gasteiger partial charge in [-0.2, -0.15) is 0 Å². The van der Waals surface area contributed by atoms with Crippen LogP contribution in [0.3, 0.4) is 0 Å². The number of rotatable bonds is 3. The normalized spacial score (nSPS) is 21.8. The minimum absolute atomic E-state index is 0.245. The van der Waals surface area contributed by atoms with Crippen LogP contribution in [0.2, 0.25) is 0 Å². The number of halogens is 1. The van der Waals surface area contributed by atoms with Crippen molar-refractivity contribution in [2.45, 2.75) is 31.8 Å². The number of hydrogen-bond acceptors (Lipinski definition) is 3. The fraction of sp³-hybridized carbons (Fsp3) is 0.533. The van der Waals surface area contributed by atoms with E-state index in [2.05, 4.69) is 33.4 Å². The fourth-order valence-corrected chi connectivity index (χ4v) is 3.46. The van der Waals surface area contributed by atoms with Gasteiger partial charge in [0.1, 0.15) is 5.75 Å². The minimum Gasteiger partial charge on any atom is -0.493 e. The van der Waals surface area contributed by atoms with Crippen LogP contribution in [0.25, 0.3) is 0 Å². The summed E-state index contributed by atoms with van der Waals surface area (Å²) in [5.41, 5.74) is 2.48. The Labute approximate surface area is 127 Å². The first kappa shape index (κ1) is 13.9. The number of fused-ring (bicyclic) bond motifs is 1. The van der Waals surface area contributed by atoms with Gasteiger partial charge in [0.25, 0.3) is 0 Å². The van der Waals surface area contributed by atoms with Gasteiger partial charge in [0.05, 0.1) is 6.61 Å². The highest BCUT2D eigenvalue weighted by molar-refractivity contribution is 9.10. The molecule has 1 amide bonds. The lowest BCUT2D eigenvalue weighted by Crippen LogP contribution is -2.46. The van der Waals surface area contributed by atoms with Crippen LogP contribution in [0.15, 0.2) is 16.6 Å². The van der Waals surface area contributed by atoms with Crippen molar-refractivity contribution in [1.82, 2.24) is 10.2 Å². The summed E-state index contributed by atoms with van der Waals surface area (Å²) in [7, 11) is 1.87. The Hall–Kier alpha value is -1.07. The number of carbonyl (C=O) groups is 1. The lowest BCUT2D eigenvalue weighted by Gasteiger charge is -2.30. The van der Waals surface area contributed by atoms with E-state index in [1.807, 2.05) is 11.9 Å². The highest BCUT2D eigenvalue weighted by Crippen LogP contribution is 2.33. The molecule has 5 heteroatoms. The molecule has 0 aliphatic carbocycles. The second kappa shape index (κ2) is 5.74. The summed E-state index contributed by atoms with van der Waals surface area (Å²) in [5.74, 6) is 1.29. The number of hydrogen-bond donors (Lipinski definition) is 1. The van der Waals surface area contributed by atoms with Crippen LogP contribution < -0.4 is 10.1 Å². The summed E-state index contributed by atoms with van der Waals surface area (Å²) in [4.78, 5) is 13.3. The number of nitrogens with zero attached hydrogens (tertiary/aromatic N) is 1. The third-order valence-electron chi connectivity index (χ3n) is 4.03. The molecule has 0 spiro atoms. The molecule has 4 nitrogen and oxygen atoms in total. The second-order valence-electron chi connectivity index (χ2n) is 5.54. The van der Waals surface area contributed by atoms with Crippen LogP contribution in [0.5, 0.6) is 5.75 Å². The van der Waals surface area contributed by atoms with Crippen molar-refractivity contribution in [1.29, 1.82) is 0 Å². The van der Waals surface area contributed by atoms with E-state index in [0.29, 0.717) is 12.5 Å². The fourth-order valence-electron chi connectivity index (χ4n) is 2.91. The van der Waals surface area contributed by atoms with Gasteiger partial charge in [-0.1, -0.05) is 15.9 Å². The molecule has 2 aliphatic heterocycles. The zero-order chi connectivity index (χ0) is 14.1. The van der Waals surface area contributed by atoms with Gasteiger partial charge in [-0.15, -0.1) is 0 Å². The van der Waals surface area contributed by atoms with Crippen molar-refractivity contribution in [2.24, 2.45) is 0 Å². The molecular formula is C15H19BrN2O2. The lowest BCUT2D eigenvalue weighted by atomic mass is 10.0. The van der Waals surface area contributed by atoms with E-state index >= 15 is 0 Å². The van der Waals surface area contributed by atoms with Gasteiger partial charge in [-0.3, -0.25) is 4.79 Å². The SMILES string of the molecule is CN1CC(NCc2cc(Br)cc3c2OCC3)CCC1=O. The predicted molar refractivity (Wildman–Crippen MR) is 80.8 cm³/mol. The number of carbonyl (C=O) groups excluding carboxylic acids is 1. The Balaban J connectivity index is 1.66. The Morgan fingerprint density at radius 2 is 2.30 bits per heavy atom. The van der Waals surface area contributed by atoms with Crippen LogP contribution in [-0.2, 0) is 17.8 Å². The lowest BCUT2D eigenvalue weighted by molar-refractivity contribution is -0.132. The molecule has 20 heavy (non-hydrogen) atoms. The molecule has 0 saturated carbocycles. The monoisotopic (exact) mass is 338 g/mol. The maximum atomic E-state index is 11.5. The molecule has 1 unspecified atom stereocenters. The first-order valence-corrected chi connectivity index (χ1v) is 7.84. The van der Waals surface area contributed by atoms with Crippen molar-refractivity contribution in [3.8, 4) is 5.75 Å². The van der Waals surface area contributed by atoms with Gasteiger partial charge in [0.2, 0.25) is 5.91 Å². The van der Waals surface area contributed by atoms with Crippen molar-refractivity contribution >= 4 is 21.8 Å². The Bertz CT molecular complexity index is 533. The number of ether oxygens (including phenoxy) is 1. The first-order chi connectivity index (χ1) is 9.63. The van der Waals surface area contributed by atoms with Crippen molar-refractivity contribution in [3.05, 3.63) is 27.7 Å². The van der Waals surface area contributed by atoms with Crippen LogP contribution in [-0.4, -0.2) is 37.0 Å². The summed E-state index contributed by atoms with van der Waals surface area (Å²) >= 11 is 3.56. The van der Waals surface area contributed by atoms with E-state index in [-0.39, 0.29) is 5.91 Å². The van der Waals surface area contributed by atoms with Gasteiger partial charge < -0.3 is 15.0 Å². The molecule has 0 bridgehead atoms. The molecule has 2 aliphatic rings. The molecule has 1 atom stereocenters. The van der Waals surface area contributed by atoms with E-state index < -0.39 is 0 Å². The van der Waals surface area contributed by atoms with E-state index in [0.717, 1.165) is 42.8 Å². The average molecular weight is 339 g/mol. The molecular weight excluding hydrogens is 320 g/mol. The highest BCUT2D eigenvalue weighted by atomic mass is 79.9. The zero-order valence-electron chi connectivity index (χ0n) is 11.6. The third kappa shape index (κ3) is 2.83. The summed E-state index contributed by atoms with van der Waals surface area (Å²) < 4.78 is 6.84. The van der Waals surface area contributed by atoms with Crippen molar-refractivity contribution in [2.75, 3.05) is 20.2 Å². The number of nitrogens with one attached hydrogen (secondary N) is 1. The molecule has 0 aromatic heterocycles. The largest absolute Gasteiger partial charge is 0.493 e. The predicted octanol–water partition coefficient (Wildman–Crippen LogP) is 2.09. The molecule has 1 aromatic rings. The van der Waals surface area contributed by atoms with E-state index in [1.54, 1.807) is 0 Å². The number of amides is 1. The maximum Gasteiger partial charge on any atom is 0.222 e. The van der Waals surface area contributed by atoms with E-state index in [9.17, 15) is 4.79 Å². The standard InChI is InChI=1S/C15H19BrN2O2/c1-18-9-13(2-3-14(18)19)17-8-11-7-12(16)6-10-4-5-20-15(10)11/h6-7,13,17H,2-5,8-9H2,1H3. The number of likely N-dealkylation sites (tertiary alicyclic amines) is 1. The molecule has 1 saturated heterocycles. The summed E-state index contributed by atoms with van der Waals surface area (Å²) in [6.07, 6.45) is 2.55. The van der Waals surface area contributed by atoms with Crippen LogP contribution in [0.4, 0.5) is 0 Å². The van der Waals surface area contributed by atoms with Crippen molar-refractivity contribution in [3.63, 3.8) is 0 Å². The Kier molecular flexibility index (Phi) is 3.98. The topological polar surface area (TPSA) is 41.6 Å². The zero-order valence-corrected chi connectivity index (χ0v) is 13.2. The summed E-state index contributed by atoms with van der Waals surface area (Å²) in [6, 6.07) is 4.63. The van der Waals surface area contributed by atoms with Crippen LogP contribution in [0, 0.1) is 0 Å². The minimum atomic E-state index is 0.245. The molecule has 1 N–H and O–H groups in total. The number of piperidine rings is 1. The van der Waals surface area contributed by atoms with Crippen LogP contribution >= 0.6 is 15.9 Å². The Morgan fingerprint density at radius 1 is 1.45 bits per heavy atom. The molecule has 108 valence electrons. The Morgan fingerprint density at radius 3 is 3.10 bits per heavy atom. The van der Waals surface area contributed by atoms with Gasteiger partial charge in [0, 0.05) is 49.1 Å². The number of likely N-dealkylation sites (N-methyl/N-ethyl adjacent to an activating group) is 1. The summed E-state index contributed by atoms with van der Waals surface area (Å²) in [6.45, 7) is 2.35. The molecule has 3 rings (SSSR count). The second-order valence-corrected chi connectivity index (χ2v) is 6.46. The van der Waals surface area contributed by atoms with E-state index in [1.165, 1.54) is 11.1 Å². The highest BCUT2D eigenvalue weighted by Gasteiger charge is 2.23. The summed E-state index contributed by atoms with van der Waals surface area (Å²) in [5, 5.41) is 3.55. The quantitative estimate of drug-likeness (QED) is 0.917. The van der Waals surface area contributed by atoms with E-state index in [4.69, 9.17) is 4.74 Å². The smallest absolute Gasteiger partial charge is 0.222 e. The number of benzene rings is 1. The molecule has 1 aromatic carbocycles. The van der Waals surface area contributed by atoms with Crippen LogP contribution in [0.1, 0.15) is 24.0 Å². The van der Waals surface area contributed by atoms with Crippen molar-refractivity contribution < 1.29 is 9.53 Å². The molecule has 0 radical (unpaired) electrons. The maximum absolute atomic E-state index is 11.5. The first-order valence-electron chi connectivity index (χ1n) is 7.05. The third-order valence-corrected chi connectivity index (χ3v) is 4.49. The van der Waals surface area contributed by atoms with Gasteiger partial charge in [-0.25, -0.2) is 0 Å². The molecule has 2 heterocycles. The molecule has 1 fully saturated rings. The average Bonchev–Trinajstić information content (AvgIpc) is 2.88.